The van der Waals surface area contributed by atoms with Gasteiger partial charge in [0, 0.05) is 18.2 Å². The van der Waals surface area contributed by atoms with Crippen molar-refractivity contribution in [2.24, 2.45) is 0 Å². The van der Waals surface area contributed by atoms with Gasteiger partial charge in [-0.2, -0.15) is 26.3 Å². The number of fused-ring (bicyclic) bond motifs is 1. The fraction of sp³-hybridized carbons (Fsp3) is 0.323. The predicted molar refractivity (Wildman–Crippen MR) is 152 cm³/mol. The van der Waals surface area contributed by atoms with Crippen LogP contribution >= 0.6 is 0 Å². The number of carbonyl (C=O) groups excluding carboxylic acids is 1. The van der Waals surface area contributed by atoms with Crippen molar-refractivity contribution in [1.82, 2.24) is 4.90 Å². The van der Waals surface area contributed by atoms with E-state index in [0.29, 0.717) is 34.5 Å². The monoisotopic (exact) mass is 656 g/mol. The van der Waals surface area contributed by atoms with Crippen molar-refractivity contribution in [2.45, 2.75) is 49.9 Å². The molecule has 1 amide bonds. The maximum Gasteiger partial charge on any atom is 0.416 e. The summed E-state index contributed by atoms with van der Waals surface area (Å²) in [7, 11) is -3.51. The van der Waals surface area contributed by atoms with Crippen LogP contribution in [0.25, 0.3) is 5.57 Å². The van der Waals surface area contributed by atoms with Crippen LogP contribution in [0.15, 0.2) is 72.8 Å². The third-order valence-electron chi connectivity index (χ3n) is 7.81. The van der Waals surface area contributed by atoms with Crippen LogP contribution in [0.5, 0.6) is 0 Å². The Bertz CT molecular complexity index is 1690. The molecule has 0 aliphatic carbocycles. The molecule has 1 saturated heterocycles. The second-order valence-corrected chi connectivity index (χ2v) is 12.8. The smallest absolute Gasteiger partial charge is 0.368 e. The average molecular weight is 657 g/mol. The molecule has 4 atom stereocenters. The molecule has 5 rings (SSSR count). The van der Waals surface area contributed by atoms with E-state index >= 15 is 0 Å². The molecule has 1 N–H and O–H groups in total. The van der Waals surface area contributed by atoms with Crippen LogP contribution in [0, 0.1) is 5.82 Å². The Labute approximate surface area is 254 Å². The van der Waals surface area contributed by atoms with Crippen LogP contribution < -0.4 is 4.72 Å². The molecule has 240 valence electrons. The van der Waals surface area contributed by atoms with Gasteiger partial charge in [-0.3, -0.25) is 9.52 Å². The van der Waals surface area contributed by atoms with Gasteiger partial charge in [0.05, 0.1) is 42.1 Å². The first-order valence-corrected chi connectivity index (χ1v) is 15.6. The van der Waals surface area contributed by atoms with Gasteiger partial charge in [-0.15, -0.1) is 0 Å². The number of alkyl halides is 6. The summed E-state index contributed by atoms with van der Waals surface area (Å²) in [5.41, 5.74) is -1.14. The number of hydrogen-bond acceptors (Lipinski definition) is 4. The number of amides is 1. The second-order valence-electron chi connectivity index (χ2n) is 11.1. The molecule has 1 fully saturated rings. The molecule has 2 aliphatic heterocycles. The standard InChI is InChI=1S/C31H27F7N2O4S/c1-17(20-11-22(30(33,34)35)15-23(12-20)31(36,37)38)44-27-16-40-26(29(27)19-3-7-24(32)8-4-19)13-21(14-28(40)41)18-5-9-25(10-6-18)39-45(2,42)43/h3-13,15,17,26-27,29,39H,14,16H2,1-2H3/t17-,26?,27?,29+/m1/s1. The lowest BCUT2D eigenvalue weighted by atomic mass is 9.85. The molecule has 2 heterocycles. The molecule has 2 aliphatic rings. The van der Waals surface area contributed by atoms with Gasteiger partial charge >= 0.3 is 12.4 Å². The Morgan fingerprint density at radius 2 is 1.49 bits per heavy atom. The second kappa shape index (κ2) is 11.8. The molecule has 0 saturated carbocycles. The summed E-state index contributed by atoms with van der Waals surface area (Å²) in [6.45, 7) is 1.33. The number of nitrogens with one attached hydrogen (secondary N) is 1. The summed E-state index contributed by atoms with van der Waals surface area (Å²) in [5.74, 6) is -1.46. The fourth-order valence-electron chi connectivity index (χ4n) is 5.78. The molecule has 45 heavy (non-hydrogen) atoms. The highest BCUT2D eigenvalue weighted by atomic mass is 32.2. The normalized spacial score (nSPS) is 21.4. The largest absolute Gasteiger partial charge is 0.416 e. The van der Waals surface area contributed by atoms with Gasteiger partial charge in [0.25, 0.3) is 0 Å². The number of nitrogens with zero attached hydrogens (tertiary/aromatic N) is 1. The van der Waals surface area contributed by atoms with Gasteiger partial charge in [-0.05, 0) is 71.7 Å². The number of rotatable bonds is 7. The first-order chi connectivity index (χ1) is 20.9. The minimum atomic E-state index is -5.03. The molecule has 0 aromatic heterocycles. The summed E-state index contributed by atoms with van der Waals surface area (Å²) < 4.78 is 127. The van der Waals surface area contributed by atoms with Crippen molar-refractivity contribution >= 4 is 27.2 Å². The highest BCUT2D eigenvalue weighted by molar-refractivity contribution is 7.92. The summed E-state index contributed by atoms with van der Waals surface area (Å²) in [6, 6.07) is 12.4. The van der Waals surface area contributed by atoms with E-state index in [1.807, 2.05) is 6.08 Å². The lowest BCUT2D eigenvalue weighted by Crippen LogP contribution is -2.39. The number of anilines is 1. The first kappa shape index (κ1) is 32.5. The Morgan fingerprint density at radius 1 is 0.911 bits per heavy atom. The molecule has 3 aromatic carbocycles. The zero-order chi connectivity index (χ0) is 32.9. The van der Waals surface area contributed by atoms with E-state index in [1.165, 1.54) is 48.2 Å². The third kappa shape index (κ3) is 7.33. The summed E-state index contributed by atoms with van der Waals surface area (Å²) in [6.07, 6.45) is -9.36. The van der Waals surface area contributed by atoms with E-state index in [-0.39, 0.29) is 30.5 Å². The summed E-state index contributed by atoms with van der Waals surface area (Å²) >= 11 is 0. The number of halogens is 7. The van der Waals surface area contributed by atoms with Crippen LogP contribution in [0.4, 0.5) is 36.4 Å². The average Bonchev–Trinajstić information content (AvgIpc) is 3.30. The molecule has 2 unspecified atom stereocenters. The van der Waals surface area contributed by atoms with E-state index in [1.54, 1.807) is 12.1 Å². The van der Waals surface area contributed by atoms with Gasteiger partial charge in [-0.25, -0.2) is 12.8 Å². The van der Waals surface area contributed by atoms with Gasteiger partial charge in [-0.1, -0.05) is 30.3 Å². The summed E-state index contributed by atoms with van der Waals surface area (Å²) in [4.78, 5) is 14.9. The molecule has 0 bridgehead atoms. The zero-order valence-electron chi connectivity index (χ0n) is 23.8. The molecule has 6 nitrogen and oxygen atoms in total. The highest BCUT2D eigenvalue weighted by Crippen LogP contribution is 2.44. The maximum absolute atomic E-state index is 13.9. The van der Waals surface area contributed by atoms with Crippen molar-refractivity contribution < 1.29 is 48.7 Å². The van der Waals surface area contributed by atoms with Crippen LogP contribution in [0.3, 0.4) is 0 Å². The van der Waals surface area contributed by atoms with Gasteiger partial charge < -0.3 is 9.64 Å². The molecular weight excluding hydrogens is 629 g/mol. The van der Waals surface area contributed by atoms with Crippen molar-refractivity contribution in [2.75, 3.05) is 17.5 Å². The van der Waals surface area contributed by atoms with E-state index in [9.17, 15) is 43.9 Å². The summed E-state index contributed by atoms with van der Waals surface area (Å²) in [5, 5.41) is 0. The van der Waals surface area contributed by atoms with Gasteiger partial charge in [0.15, 0.2) is 0 Å². The number of carbonyl (C=O) groups is 1. The minimum Gasteiger partial charge on any atom is -0.368 e. The van der Waals surface area contributed by atoms with Crippen molar-refractivity contribution in [3.63, 3.8) is 0 Å². The maximum atomic E-state index is 13.9. The van der Waals surface area contributed by atoms with E-state index in [0.717, 1.165) is 6.26 Å². The number of ether oxygens (including phenoxy) is 1. The van der Waals surface area contributed by atoms with Crippen LogP contribution in [0.1, 0.15) is 53.2 Å². The third-order valence-corrected chi connectivity index (χ3v) is 8.42. The van der Waals surface area contributed by atoms with E-state index < -0.39 is 63.5 Å². The minimum absolute atomic E-state index is 0.0119. The Kier molecular flexibility index (Phi) is 8.51. The zero-order valence-corrected chi connectivity index (χ0v) is 24.6. The van der Waals surface area contributed by atoms with Crippen LogP contribution in [-0.2, 0) is 31.9 Å². The molecule has 14 heteroatoms. The van der Waals surface area contributed by atoms with Crippen molar-refractivity contribution in [3.8, 4) is 0 Å². The van der Waals surface area contributed by atoms with Gasteiger partial charge in [0.2, 0.25) is 15.9 Å². The number of benzene rings is 3. The predicted octanol–water partition coefficient (Wildman–Crippen LogP) is 7.16. The Morgan fingerprint density at radius 3 is 2.02 bits per heavy atom. The fourth-order valence-corrected chi connectivity index (χ4v) is 6.34. The Hall–Kier alpha value is -3.91. The van der Waals surface area contributed by atoms with Crippen LogP contribution in [0.2, 0.25) is 0 Å². The van der Waals surface area contributed by atoms with E-state index in [2.05, 4.69) is 4.72 Å². The molecule has 0 radical (unpaired) electrons. The SMILES string of the molecule is C[C@@H](OC1CN2C(=O)CC(c3ccc(NS(C)(=O)=O)cc3)=CC2[C@@H]1c1ccc(F)cc1)c1cc(C(F)(F)F)cc(C(F)(F)F)c1. The Balaban J connectivity index is 1.50. The number of hydrogen-bond donors (Lipinski definition) is 1. The first-order valence-electron chi connectivity index (χ1n) is 13.7. The van der Waals surface area contributed by atoms with Crippen molar-refractivity contribution in [3.05, 3.63) is 106 Å². The lowest BCUT2D eigenvalue weighted by molar-refractivity contribution is -0.143. The van der Waals surface area contributed by atoms with Crippen LogP contribution in [-0.4, -0.2) is 44.2 Å². The molecule has 0 spiro atoms. The topological polar surface area (TPSA) is 75.7 Å². The number of sulfonamides is 1. The lowest BCUT2D eigenvalue weighted by Gasteiger charge is -2.31. The van der Waals surface area contributed by atoms with Crippen molar-refractivity contribution in [1.29, 1.82) is 0 Å². The van der Waals surface area contributed by atoms with E-state index in [4.69, 9.17) is 4.74 Å². The molecule has 3 aromatic rings. The van der Waals surface area contributed by atoms with Gasteiger partial charge in [0.1, 0.15) is 5.82 Å². The molecular formula is C31H27F7N2O4S. The highest BCUT2D eigenvalue weighted by Gasteiger charge is 2.47. The quantitative estimate of drug-likeness (QED) is 0.274.